The molecule has 5 nitrogen and oxygen atoms in total. The minimum Gasteiger partial charge on any atom is -0.444 e. The summed E-state index contributed by atoms with van der Waals surface area (Å²) in [6, 6.07) is 0.412. The Labute approximate surface area is 117 Å². The molecule has 0 aromatic heterocycles. The first-order valence-corrected chi connectivity index (χ1v) is 7.14. The molecule has 5 heteroatoms. The van der Waals surface area contributed by atoms with Crippen molar-refractivity contribution in [2.24, 2.45) is 0 Å². The fourth-order valence-electron chi connectivity index (χ4n) is 2.12. The third-order valence-electron chi connectivity index (χ3n) is 3.06. The van der Waals surface area contributed by atoms with E-state index in [0.717, 1.165) is 39.0 Å². The van der Waals surface area contributed by atoms with Crippen molar-refractivity contribution in [2.75, 3.05) is 40.3 Å². The molecular weight excluding hydrogens is 242 g/mol. The topological polar surface area (TPSA) is 44.8 Å². The maximum Gasteiger partial charge on any atom is 0.410 e. The summed E-state index contributed by atoms with van der Waals surface area (Å²) in [5.41, 5.74) is -0.408. The Balaban J connectivity index is 2.20. The molecule has 112 valence electrons. The summed E-state index contributed by atoms with van der Waals surface area (Å²) < 4.78 is 5.38. The maximum atomic E-state index is 11.9. The van der Waals surface area contributed by atoms with Crippen LogP contribution in [0.15, 0.2) is 0 Å². The zero-order valence-electron chi connectivity index (χ0n) is 13.0. The lowest BCUT2D eigenvalue weighted by Gasteiger charge is -2.24. The van der Waals surface area contributed by atoms with E-state index < -0.39 is 5.60 Å². The van der Waals surface area contributed by atoms with Gasteiger partial charge in [0.15, 0.2) is 0 Å². The number of carbonyl (C=O) groups excluding carboxylic acids is 1. The van der Waals surface area contributed by atoms with Gasteiger partial charge >= 0.3 is 6.09 Å². The van der Waals surface area contributed by atoms with Gasteiger partial charge in [-0.2, -0.15) is 0 Å². The highest BCUT2D eigenvalue weighted by molar-refractivity contribution is 5.68. The van der Waals surface area contributed by atoms with Crippen molar-refractivity contribution >= 4 is 6.09 Å². The van der Waals surface area contributed by atoms with Crippen LogP contribution >= 0.6 is 0 Å². The minimum absolute atomic E-state index is 0.190. The van der Waals surface area contributed by atoms with Gasteiger partial charge in [-0.25, -0.2) is 4.79 Å². The zero-order valence-corrected chi connectivity index (χ0v) is 13.0. The Hall–Kier alpha value is -0.810. The highest BCUT2D eigenvalue weighted by Crippen LogP contribution is 2.15. The van der Waals surface area contributed by atoms with E-state index in [0.29, 0.717) is 6.04 Å². The third kappa shape index (κ3) is 6.78. The summed E-state index contributed by atoms with van der Waals surface area (Å²) in [5.74, 6) is 0. The number of amides is 1. The van der Waals surface area contributed by atoms with E-state index in [1.807, 2.05) is 20.8 Å². The number of nitrogens with one attached hydrogen (secondary N) is 1. The number of rotatable bonds is 5. The number of nitrogens with zero attached hydrogens (tertiary/aromatic N) is 2. The average molecular weight is 271 g/mol. The van der Waals surface area contributed by atoms with E-state index >= 15 is 0 Å². The van der Waals surface area contributed by atoms with E-state index in [-0.39, 0.29) is 6.09 Å². The molecule has 1 aliphatic heterocycles. The predicted molar refractivity (Wildman–Crippen MR) is 77.4 cm³/mol. The summed E-state index contributed by atoms with van der Waals surface area (Å²) in [5, 5.41) is 3.51. The van der Waals surface area contributed by atoms with Crippen LogP contribution in [0.4, 0.5) is 4.79 Å². The van der Waals surface area contributed by atoms with Crippen LogP contribution in [0.1, 0.15) is 33.6 Å². The molecule has 0 aromatic rings. The Kier molecular flexibility index (Phi) is 6.07. The van der Waals surface area contributed by atoms with E-state index in [1.54, 1.807) is 4.90 Å². The van der Waals surface area contributed by atoms with E-state index in [1.165, 1.54) is 0 Å². The summed E-state index contributed by atoms with van der Waals surface area (Å²) >= 11 is 0. The Morgan fingerprint density at radius 1 is 1.42 bits per heavy atom. The molecule has 1 saturated heterocycles. The molecule has 1 amide bonds. The minimum atomic E-state index is -0.408. The maximum absolute atomic E-state index is 11.9. The lowest BCUT2D eigenvalue weighted by Crippen LogP contribution is -2.38. The molecule has 1 heterocycles. The van der Waals surface area contributed by atoms with Crippen LogP contribution < -0.4 is 5.32 Å². The highest BCUT2D eigenvalue weighted by Gasteiger charge is 2.29. The van der Waals surface area contributed by atoms with Crippen LogP contribution in [0.3, 0.4) is 0 Å². The molecule has 0 saturated carbocycles. The highest BCUT2D eigenvalue weighted by atomic mass is 16.6. The van der Waals surface area contributed by atoms with Crippen LogP contribution in [0.5, 0.6) is 0 Å². The molecule has 1 rings (SSSR count). The van der Waals surface area contributed by atoms with E-state index in [9.17, 15) is 4.79 Å². The van der Waals surface area contributed by atoms with Gasteiger partial charge in [0.25, 0.3) is 0 Å². The quantitative estimate of drug-likeness (QED) is 0.770. The van der Waals surface area contributed by atoms with Crippen LogP contribution in [0, 0.1) is 0 Å². The lowest BCUT2D eigenvalue weighted by atomic mass is 10.2. The van der Waals surface area contributed by atoms with Gasteiger partial charge in [0.1, 0.15) is 5.60 Å². The van der Waals surface area contributed by atoms with Gasteiger partial charge in [0, 0.05) is 19.1 Å². The molecular formula is C14H29N3O2. The normalized spacial score (nSPS) is 20.1. The summed E-state index contributed by atoms with van der Waals surface area (Å²) in [4.78, 5) is 15.9. The Morgan fingerprint density at radius 3 is 2.68 bits per heavy atom. The second-order valence-corrected chi connectivity index (χ2v) is 6.52. The van der Waals surface area contributed by atoms with Crippen molar-refractivity contribution in [1.29, 1.82) is 0 Å². The molecule has 1 aliphatic rings. The molecule has 0 radical (unpaired) electrons. The van der Waals surface area contributed by atoms with Crippen LogP contribution in [-0.4, -0.2) is 67.8 Å². The summed E-state index contributed by atoms with van der Waals surface area (Å²) in [7, 11) is 4.17. The molecule has 1 N–H and O–H groups in total. The van der Waals surface area contributed by atoms with Crippen molar-refractivity contribution < 1.29 is 9.53 Å². The van der Waals surface area contributed by atoms with Crippen LogP contribution in [0.2, 0.25) is 0 Å². The molecule has 1 fully saturated rings. The van der Waals surface area contributed by atoms with Gasteiger partial charge in [0.2, 0.25) is 0 Å². The number of ether oxygens (including phenoxy) is 1. The van der Waals surface area contributed by atoms with Crippen molar-refractivity contribution in [1.82, 2.24) is 15.1 Å². The van der Waals surface area contributed by atoms with Gasteiger partial charge in [-0.15, -0.1) is 0 Å². The largest absolute Gasteiger partial charge is 0.444 e. The molecule has 0 aliphatic carbocycles. The third-order valence-corrected chi connectivity index (χ3v) is 3.06. The number of likely N-dealkylation sites (tertiary alicyclic amines) is 1. The first-order chi connectivity index (χ1) is 8.78. The van der Waals surface area contributed by atoms with Crippen molar-refractivity contribution in [2.45, 2.75) is 45.3 Å². The molecule has 0 aromatic carbocycles. The molecule has 1 atom stereocenters. The Bertz CT molecular complexity index is 287. The summed E-state index contributed by atoms with van der Waals surface area (Å²) in [6.45, 7) is 9.35. The van der Waals surface area contributed by atoms with E-state index in [2.05, 4.69) is 24.3 Å². The SMILES string of the molecule is CN(C)CCCNC1CCN(C(=O)OC(C)(C)C)C1. The molecule has 19 heavy (non-hydrogen) atoms. The lowest BCUT2D eigenvalue weighted by molar-refractivity contribution is 0.0291. The monoisotopic (exact) mass is 271 g/mol. The number of hydrogen-bond donors (Lipinski definition) is 1. The first kappa shape index (κ1) is 16.2. The second-order valence-electron chi connectivity index (χ2n) is 6.52. The van der Waals surface area contributed by atoms with Gasteiger partial charge in [-0.3, -0.25) is 0 Å². The standard InChI is InChI=1S/C14H29N3O2/c1-14(2,3)19-13(18)17-10-7-12(11-17)15-8-6-9-16(4)5/h12,15H,6-11H2,1-5H3. The molecule has 0 spiro atoms. The smallest absolute Gasteiger partial charge is 0.410 e. The van der Waals surface area contributed by atoms with Crippen molar-refractivity contribution in [3.63, 3.8) is 0 Å². The first-order valence-electron chi connectivity index (χ1n) is 7.14. The fourth-order valence-corrected chi connectivity index (χ4v) is 2.12. The number of carbonyl (C=O) groups is 1. The van der Waals surface area contributed by atoms with Gasteiger partial charge in [0.05, 0.1) is 0 Å². The van der Waals surface area contributed by atoms with Crippen LogP contribution in [-0.2, 0) is 4.74 Å². The van der Waals surface area contributed by atoms with Gasteiger partial charge in [-0.05, 0) is 60.8 Å². The van der Waals surface area contributed by atoms with Crippen LogP contribution in [0.25, 0.3) is 0 Å². The molecule has 0 bridgehead atoms. The predicted octanol–water partition coefficient (Wildman–Crippen LogP) is 1.54. The zero-order chi connectivity index (χ0) is 14.5. The van der Waals surface area contributed by atoms with E-state index in [4.69, 9.17) is 4.74 Å². The molecule has 1 unspecified atom stereocenters. The van der Waals surface area contributed by atoms with Crippen molar-refractivity contribution in [3.05, 3.63) is 0 Å². The second kappa shape index (κ2) is 7.10. The number of hydrogen-bond acceptors (Lipinski definition) is 4. The van der Waals surface area contributed by atoms with Crippen molar-refractivity contribution in [3.8, 4) is 0 Å². The van der Waals surface area contributed by atoms with Gasteiger partial charge in [-0.1, -0.05) is 0 Å². The average Bonchev–Trinajstić information content (AvgIpc) is 2.70. The Morgan fingerprint density at radius 2 is 2.11 bits per heavy atom. The fraction of sp³-hybridized carbons (Fsp3) is 0.929. The summed E-state index contributed by atoms with van der Waals surface area (Å²) in [6.07, 6.45) is 1.96. The van der Waals surface area contributed by atoms with Gasteiger partial charge < -0.3 is 19.9 Å².